The van der Waals surface area contributed by atoms with Gasteiger partial charge in [0, 0.05) is 6.04 Å². The first-order valence-electron chi connectivity index (χ1n) is 7.12. The van der Waals surface area contributed by atoms with Gasteiger partial charge in [0.1, 0.15) is 17.2 Å². The van der Waals surface area contributed by atoms with Crippen molar-refractivity contribution < 1.29 is 14.6 Å². The molecule has 1 aromatic rings. The van der Waals surface area contributed by atoms with E-state index in [0.717, 1.165) is 12.8 Å². The van der Waals surface area contributed by atoms with Crippen LogP contribution in [0.15, 0.2) is 18.2 Å². The van der Waals surface area contributed by atoms with E-state index in [1.807, 2.05) is 0 Å². The number of amides is 1. The molecule has 0 saturated heterocycles. The lowest BCUT2D eigenvalue weighted by atomic mass is 9.95. The van der Waals surface area contributed by atoms with Crippen LogP contribution in [0.2, 0.25) is 0 Å². The molecule has 1 aliphatic rings. The Bertz CT molecular complexity index is 470. The van der Waals surface area contributed by atoms with Crippen LogP contribution in [0.3, 0.4) is 0 Å². The Balaban J connectivity index is 1.91. The van der Waals surface area contributed by atoms with E-state index in [9.17, 15) is 9.90 Å². The van der Waals surface area contributed by atoms with Gasteiger partial charge < -0.3 is 20.9 Å². The maximum atomic E-state index is 12.1. The maximum absolute atomic E-state index is 12.1. The molecule has 0 aliphatic heterocycles. The number of nitrogens with one attached hydrogen (secondary N) is 1. The summed E-state index contributed by atoms with van der Waals surface area (Å²) in [5.41, 5.74) is 5.87. The molecule has 1 amide bonds. The summed E-state index contributed by atoms with van der Waals surface area (Å²) in [6.07, 6.45) is 5.01. The molecule has 5 nitrogen and oxygen atoms in total. The molecule has 0 spiro atoms. The highest BCUT2D eigenvalue weighted by Crippen LogP contribution is 2.30. The molecule has 1 unspecified atom stereocenters. The molecular formula is C15H22N2O3. The predicted octanol–water partition coefficient (Wildman–Crippen LogP) is 2.19. The van der Waals surface area contributed by atoms with Crippen molar-refractivity contribution in [2.45, 2.75) is 51.2 Å². The summed E-state index contributed by atoms with van der Waals surface area (Å²) in [7, 11) is 0. The number of aromatic hydroxyl groups is 1. The lowest BCUT2D eigenvalue weighted by molar-refractivity contribution is -0.128. The molecule has 4 N–H and O–H groups in total. The normalized spacial score (nSPS) is 17.4. The minimum Gasteiger partial charge on any atom is -0.506 e. The fraction of sp³-hybridized carbons (Fsp3) is 0.533. The predicted molar refractivity (Wildman–Crippen MR) is 77.6 cm³/mol. The number of carbonyl (C=O) groups excluding carboxylic acids is 1. The molecule has 1 aromatic carbocycles. The van der Waals surface area contributed by atoms with Gasteiger partial charge in [-0.25, -0.2) is 0 Å². The van der Waals surface area contributed by atoms with Crippen molar-refractivity contribution in [3.05, 3.63) is 18.2 Å². The van der Waals surface area contributed by atoms with E-state index in [1.165, 1.54) is 25.3 Å². The molecule has 1 fully saturated rings. The number of hydrogen-bond acceptors (Lipinski definition) is 4. The van der Waals surface area contributed by atoms with Crippen molar-refractivity contribution in [1.29, 1.82) is 0 Å². The summed E-state index contributed by atoms with van der Waals surface area (Å²) in [5.74, 6) is 0.151. The van der Waals surface area contributed by atoms with Gasteiger partial charge in [-0.3, -0.25) is 4.79 Å². The number of anilines is 1. The van der Waals surface area contributed by atoms with Crippen LogP contribution in [-0.4, -0.2) is 23.2 Å². The first kappa shape index (κ1) is 14.5. The van der Waals surface area contributed by atoms with Gasteiger partial charge in [-0.2, -0.15) is 0 Å². The van der Waals surface area contributed by atoms with E-state index >= 15 is 0 Å². The van der Waals surface area contributed by atoms with Gasteiger partial charge in [-0.05, 0) is 31.9 Å². The zero-order valence-corrected chi connectivity index (χ0v) is 11.8. The number of para-hydroxylation sites is 1. The molecule has 2 rings (SSSR count). The lowest BCUT2D eigenvalue weighted by Gasteiger charge is -2.24. The monoisotopic (exact) mass is 278 g/mol. The largest absolute Gasteiger partial charge is 0.506 e. The van der Waals surface area contributed by atoms with E-state index in [4.69, 9.17) is 10.5 Å². The van der Waals surface area contributed by atoms with Crippen molar-refractivity contribution in [1.82, 2.24) is 5.32 Å². The summed E-state index contributed by atoms with van der Waals surface area (Å²) in [5, 5.41) is 12.5. The number of nitrogens with two attached hydrogens (primary N) is 1. The number of benzene rings is 1. The second-order valence-corrected chi connectivity index (χ2v) is 5.29. The van der Waals surface area contributed by atoms with Crippen molar-refractivity contribution >= 4 is 11.6 Å². The second kappa shape index (κ2) is 6.50. The van der Waals surface area contributed by atoms with Gasteiger partial charge in [0.15, 0.2) is 6.10 Å². The summed E-state index contributed by atoms with van der Waals surface area (Å²) in [6.45, 7) is 1.68. The molecule has 1 saturated carbocycles. The van der Waals surface area contributed by atoms with Crippen LogP contribution in [0.25, 0.3) is 0 Å². The zero-order chi connectivity index (χ0) is 14.5. The van der Waals surface area contributed by atoms with E-state index < -0.39 is 6.10 Å². The third-order valence-electron chi connectivity index (χ3n) is 3.67. The Morgan fingerprint density at radius 1 is 1.40 bits per heavy atom. The van der Waals surface area contributed by atoms with Crippen molar-refractivity contribution in [2.75, 3.05) is 5.73 Å². The van der Waals surface area contributed by atoms with E-state index in [1.54, 1.807) is 19.1 Å². The summed E-state index contributed by atoms with van der Waals surface area (Å²) in [6, 6.07) is 5.00. The minimum atomic E-state index is -0.638. The quantitative estimate of drug-likeness (QED) is 0.582. The minimum absolute atomic E-state index is 0.0395. The van der Waals surface area contributed by atoms with Crippen LogP contribution < -0.4 is 15.8 Å². The van der Waals surface area contributed by atoms with Gasteiger partial charge in [-0.15, -0.1) is 0 Å². The maximum Gasteiger partial charge on any atom is 0.260 e. The molecule has 20 heavy (non-hydrogen) atoms. The number of rotatable bonds is 4. The van der Waals surface area contributed by atoms with Gasteiger partial charge in [0.2, 0.25) is 0 Å². The smallest absolute Gasteiger partial charge is 0.260 e. The number of phenolic OH excluding ortho intramolecular Hbond substituents is 1. The van der Waals surface area contributed by atoms with Gasteiger partial charge >= 0.3 is 0 Å². The second-order valence-electron chi connectivity index (χ2n) is 5.29. The Morgan fingerprint density at radius 2 is 2.10 bits per heavy atom. The first-order valence-corrected chi connectivity index (χ1v) is 7.12. The van der Waals surface area contributed by atoms with Gasteiger partial charge in [0.25, 0.3) is 5.91 Å². The number of ether oxygens (including phenoxy) is 1. The van der Waals surface area contributed by atoms with Crippen molar-refractivity contribution in [3.63, 3.8) is 0 Å². The molecule has 110 valence electrons. The van der Waals surface area contributed by atoms with Crippen LogP contribution in [0.5, 0.6) is 11.5 Å². The standard InChI is InChI=1S/C15H22N2O3/c1-10(15(19)17-11-6-3-2-4-7-11)20-13-9-5-8-12(18)14(13)16/h5,8-11,18H,2-4,6-7,16H2,1H3,(H,17,19). The molecule has 0 heterocycles. The number of carbonyl (C=O) groups is 1. The average molecular weight is 278 g/mol. The van der Waals surface area contributed by atoms with Crippen LogP contribution in [0.4, 0.5) is 5.69 Å². The fourth-order valence-electron chi connectivity index (χ4n) is 2.44. The highest BCUT2D eigenvalue weighted by atomic mass is 16.5. The van der Waals surface area contributed by atoms with Crippen LogP contribution in [-0.2, 0) is 4.79 Å². The average Bonchev–Trinajstić information content (AvgIpc) is 2.45. The van der Waals surface area contributed by atoms with E-state index in [0.29, 0.717) is 5.75 Å². The van der Waals surface area contributed by atoms with E-state index in [2.05, 4.69) is 5.32 Å². The summed E-state index contributed by atoms with van der Waals surface area (Å²) >= 11 is 0. The van der Waals surface area contributed by atoms with Crippen molar-refractivity contribution in [2.24, 2.45) is 0 Å². The topological polar surface area (TPSA) is 84.6 Å². The molecule has 0 aromatic heterocycles. The Kier molecular flexibility index (Phi) is 4.71. The number of hydrogen-bond donors (Lipinski definition) is 3. The molecule has 0 bridgehead atoms. The highest BCUT2D eigenvalue weighted by Gasteiger charge is 2.21. The van der Waals surface area contributed by atoms with Gasteiger partial charge in [0.05, 0.1) is 0 Å². The Morgan fingerprint density at radius 3 is 2.80 bits per heavy atom. The number of nitrogen functional groups attached to an aromatic ring is 1. The molecule has 1 atom stereocenters. The van der Waals surface area contributed by atoms with Crippen LogP contribution in [0, 0.1) is 0 Å². The van der Waals surface area contributed by atoms with E-state index in [-0.39, 0.29) is 23.4 Å². The first-order chi connectivity index (χ1) is 9.58. The van der Waals surface area contributed by atoms with Gasteiger partial charge in [-0.1, -0.05) is 25.3 Å². The Hall–Kier alpha value is -1.91. The third-order valence-corrected chi connectivity index (χ3v) is 3.67. The summed E-state index contributed by atoms with van der Waals surface area (Å²) in [4.78, 5) is 12.1. The van der Waals surface area contributed by atoms with Crippen molar-refractivity contribution in [3.8, 4) is 11.5 Å². The molecule has 0 radical (unpaired) electrons. The molecule has 1 aliphatic carbocycles. The fourth-order valence-corrected chi connectivity index (χ4v) is 2.44. The number of phenols is 1. The lowest BCUT2D eigenvalue weighted by Crippen LogP contribution is -2.43. The van der Waals surface area contributed by atoms with Crippen LogP contribution >= 0.6 is 0 Å². The Labute approximate surface area is 119 Å². The molecule has 5 heteroatoms. The molecular weight excluding hydrogens is 256 g/mol. The zero-order valence-electron chi connectivity index (χ0n) is 11.8. The summed E-state index contributed by atoms with van der Waals surface area (Å²) < 4.78 is 5.53. The third kappa shape index (κ3) is 3.56. The SMILES string of the molecule is CC(Oc1cccc(O)c1N)C(=O)NC1CCCCC1. The highest BCUT2D eigenvalue weighted by molar-refractivity contribution is 5.81. The van der Waals surface area contributed by atoms with Crippen LogP contribution in [0.1, 0.15) is 39.0 Å².